The molecule has 0 saturated heterocycles. The fraction of sp³-hybridized carbons (Fsp3) is 0.200. The second-order valence-corrected chi connectivity index (χ2v) is 5.41. The lowest BCUT2D eigenvalue weighted by Gasteiger charge is -2.05. The van der Waals surface area contributed by atoms with E-state index < -0.39 is 4.92 Å². The van der Waals surface area contributed by atoms with Crippen LogP contribution < -0.4 is 0 Å². The van der Waals surface area contributed by atoms with Gasteiger partial charge < -0.3 is 9.67 Å². The lowest BCUT2D eigenvalue weighted by atomic mass is 10.4. The summed E-state index contributed by atoms with van der Waals surface area (Å²) in [6.45, 7) is -0.135. The quantitative estimate of drug-likeness (QED) is 0.674. The third-order valence-electron chi connectivity index (χ3n) is 2.43. The number of nitro groups is 1. The van der Waals surface area contributed by atoms with E-state index in [0.29, 0.717) is 20.2 Å². The maximum absolute atomic E-state index is 11.0. The molecule has 2 heterocycles. The van der Waals surface area contributed by atoms with E-state index in [1.165, 1.54) is 18.6 Å². The highest BCUT2D eigenvalue weighted by Crippen LogP contribution is 2.38. The highest BCUT2D eigenvalue weighted by Gasteiger charge is 2.20. The first kappa shape index (κ1) is 14.0. The Hall–Kier alpha value is -1.45. The molecule has 0 aromatic carbocycles. The Kier molecular flexibility index (Phi) is 4.17. The van der Waals surface area contributed by atoms with Crippen LogP contribution >= 0.6 is 27.7 Å². The van der Waals surface area contributed by atoms with Crippen molar-refractivity contribution in [3.8, 4) is 0 Å². The number of hydrogen-bond donors (Lipinski definition) is 1. The van der Waals surface area contributed by atoms with Crippen LogP contribution in [-0.4, -0.2) is 24.6 Å². The number of aliphatic hydroxyl groups excluding tert-OH is 1. The van der Waals surface area contributed by atoms with Gasteiger partial charge in [-0.2, -0.15) is 0 Å². The van der Waals surface area contributed by atoms with E-state index in [0.717, 1.165) is 11.8 Å². The van der Waals surface area contributed by atoms with Gasteiger partial charge in [-0.25, -0.2) is 4.98 Å². The van der Waals surface area contributed by atoms with Crippen molar-refractivity contribution in [2.45, 2.75) is 16.7 Å². The third kappa shape index (κ3) is 2.77. The average Bonchev–Trinajstić information content (AvgIpc) is 2.72. The number of aromatic nitrogens is 3. The van der Waals surface area contributed by atoms with Crippen molar-refractivity contribution in [3.63, 3.8) is 0 Å². The van der Waals surface area contributed by atoms with Crippen LogP contribution in [0.3, 0.4) is 0 Å². The standard InChI is InChI=1S/C10H9BrN4O3S/c1-14-6(5-16)2-13-10(14)19-9-7(11)3-12-4-8(9)15(17)18/h2-4,16H,5H2,1H3. The predicted molar refractivity (Wildman–Crippen MR) is 71.8 cm³/mol. The van der Waals surface area contributed by atoms with Crippen molar-refractivity contribution >= 4 is 33.4 Å². The monoisotopic (exact) mass is 344 g/mol. The van der Waals surface area contributed by atoms with E-state index in [4.69, 9.17) is 5.11 Å². The van der Waals surface area contributed by atoms with Crippen molar-refractivity contribution in [2.75, 3.05) is 0 Å². The van der Waals surface area contributed by atoms with Gasteiger partial charge in [-0.05, 0) is 27.7 Å². The molecule has 0 unspecified atom stereocenters. The van der Waals surface area contributed by atoms with Crippen LogP contribution in [0.1, 0.15) is 5.69 Å². The summed E-state index contributed by atoms with van der Waals surface area (Å²) in [6, 6.07) is 0. The lowest BCUT2D eigenvalue weighted by Crippen LogP contribution is -1.98. The van der Waals surface area contributed by atoms with Crippen molar-refractivity contribution < 1.29 is 10.0 Å². The molecule has 100 valence electrons. The summed E-state index contributed by atoms with van der Waals surface area (Å²) in [5.41, 5.74) is 0.545. The van der Waals surface area contributed by atoms with E-state index in [1.54, 1.807) is 11.6 Å². The highest BCUT2D eigenvalue weighted by molar-refractivity contribution is 9.10. The average molecular weight is 345 g/mol. The fourth-order valence-corrected chi connectivity index (χ4v) is 2.89. The Morgan fingerprint density at radius 2 is 2.26 bits per heavy atom. The van der Waals surface area contributed by atoms with E-state index in [-0.39, 0.29) is 12.3 Å². The van der Waals surface area contributed by atoms with Crippen LogP contribution in [0.2, 0.25) is 0 Å². The number of nitrogens with zero attached hydrogens (tertiary/aromatic N) is 4. The van der Waals surface area contributed by atoms with E-state index in [2.05, 4.69) is 25.9 Å². The minimum Gasteiger partial charge on any atom is -0.390 e. The van der Waals surface area contributed by atoms with Gasteiger partial charge in [-0.3, -0.25) is 15.1 Å². The molecule has 1 N–H and O–H groups in total. The molecule has 0 bridgehead atoms. The number of halogens is 1. The van der Waals surface area contributed by atoms with Gasteiger partial charge in [-0.1, -0.05) is 0 Å². The van der Waals surface area contributed by atoms with Crippen molar-refractivity contribution in [1.29, 1.82) is 0 Å². The van der Waals surface area contributed by atoms with Crippen molar-refractivity contribution in [2.24, 2.45) is 7.05 Å². The molecule has 19 heavy (non-hydrogen) atoms. The summed E-state index contributed by atoms with van der Waals surface area (Å²) in [6.07, 6.45) is 4.22. The number of hydrogen-bond acceptors (Lipinski definition) is 6. The molecular weight excluding hydrogens is 336 g/mol. The summed E-state index contributed by atoms with van der Waals surface area (Å²) in [5.74, 6) is 0. The smallest absolute Gasteiger partial charge is 0.302 e. The van der Waals surface area contributed by atoms with Crippen LogP contribution in [0.5, 0.6) is 0 Å². The molecule has 2 rings (SSSR count). The molecule has 0 fully saturated rings. The van der Waals surface area contributed by atoms with Crippen molar-refractivity contribution in [1.82, 2.24) is 14.5 Å². The molecule has 0 radical (unpaired) electrons. The second-order valence-electron chi connectivity index (χ2n) is 3.58. The fourth-order valence-electron chi connectivity index (χ4n) is 1.40. The number of aliphatic hydroxyl groups is 1. The van der Waals surface area contributed by atoms with Crippen molar-refractivity contribution in [3.05, 3.63) is 38.9 Å². The third-order valence-corrected chi connectivity index (χ3v) is 4.49. The summed E-state index contributed by atoms with van der Waals surface area (Å²) >= 11 is 4.39. The van der Waals surface area contributed by atoms with E-state index in [1.807, 2.05) is 0 Å². The predicted octanol–water partition coefficient (Wildman–Crippen LogP) is 2.13. The minimum atomic E-state index is -0.490. The number of rotatable bonds is 4. The molecule has 9 heteroatoms. The van der Waals surface area contributed by atoms with Gasteiger partial charge in [0.2, 0.25) is 0 Å². The molecule has 0 aliphatic heterocycles. The zero-order valence-electron chi connectivity index (χ0n) is 9.78. The Bertz CT molecular complexity index is 631. The topological polar surface area (TPSA) is 94.1 Å². The highest BCUT2D eigenvalue weighted by atomic mass is 79.9. The molecular formula is C10H9BrN4O3S. The summed E-state index contributed by atoms with van der Waals surface area (Å²) in [5, 5.41) is 20.6. The number of imidazole rings is 1. The molecule has 2 aromatic heterocycles. The van der Waals surface area contributed by atoms with Gasteiger partial charge in [0, 0.05) is 13.2 Å². The van der Waals surface area contributed by atoms with Crippen LogP contribution in [0, 0.1) is 10.1 Å². The number of pyridine rings is 1. The van der Waals surface area contributed by atoms with Crippen LogP contribution in [-0.2, 0) is 13.7 Å². The van der Waals surface area contributed by atoms with E-state index in [9.17, 15) is 10.1 Å². The van der Waals surface area contributed by atoms with E-state index >= 15 is 0 Å². The molecule has 0 aliphatic carbocycles. The summed E-state index contributed by atoms with van der Waals surface area (Å²) in [4.78, 5) is 18.8. The summed E-state index contributed by atoms with van der Waals surface area (Å²) < 4.78 is 2.21. The van der Waals surface area contributed by atoms with Gasteiger partial charge in [0.25, 0.3) is 0 Å². The van der Waals surface area contributed by atoms with Gasteiger partial charge in [0.15, 0.2) is 5.16 Å². The van der Waals surface area contributed by atoms with Gasteiger partial charge in [-0.15, -0.1) is 0 Å². The minimum absolute atomic E-state index is 0.0899. The first-order chi connectivity index (χ1) is 9.04. The molecule has 0 atom stereocenters. The Balaban J connectivity index is 2.43. The van der Waals surface area contributed by atoms with Gasteiger partial charge >= 0.3 is 5.69 Å². The Morgan fingerprint density at radius 1 is 1.53 bits per heavy atom. The molecule has 2 aromatic rings. The largest absolute Gasteiger partial charge is 0.390 e. The molecule has 0 saturated carbocycles. The summed E-state index contributed by atoms with van der Waals surface area (Å²) in [7, 11) is 1.74. The first-order valence-corrected chi connectivity index (χ1v) is 6.72. The molecule has 7 nitrogen and oxygen atoms in total. The lowest BCUT2D eigenvalue weighted by molar-refractivity contribution is -0.388. The van der Waals surface area contributed by atoms with Crippen LogP contribution in [0.25, 0.3) is 0 Å². The molecule has 0 amide bonds. The maximum atomic E-state index is 11.0. The molecule has 0 spiro atoms. The molecule has 0 aliphatic rings. The first-order valence-electron chi connectivity index (χ1n) is 5.11. The Morgan fingerprint density at radius 3 is 2.84 bits per heavy atom. The van der Waals surface area contributed by atoms with Gasteiger partial charge in [0.1, 0.15) is 11.1 Å². The zero-order valence-corrected chi connectivity index (χ0v) is 12.2. The van der Waals surface area contributed by atoms with Gasteiger partial charge in [0.05, 0.1) is 27.9 Å². The zero-order chi connectivity index (χ0) is 14.0. The maximum Gasteiger partial charge on any atom is 0.302 e. The second kappa shape index (κ2) is 5.68. The normalized spacial score (nSPS) is 10.7. The van der Waals surface area contributed by atoms with Crippen LogP contribution in [0.4, 0.5) is 5.69 Å². The van der Waals surface area contributed by atoms with Crippen LogP contribution in [0.15, 0.2) is 33.1 Å². The SMILES string of the molecule is Cn1c(CO)cnc1Sc1c(Br)cncc1[N+](=O)[O-]. The Labute approximate surface area is 121 Å².